The van der Waals surface area contributed by atoms with Crippen molar-refractivity contribution in [3.05, 3.63) is 0 Å². The van der Waals surface area contributed by atoms with E-state index < -0.39 is 111 Å². The van der Waals surface area contributed by atoms with Crippen molar-refractivity contribution < 1.29 is 84.7 Å². The first-order chi connectivity index (χ1) is 16.4. The molecule has 15 atom stereocenters. The van der Waals surface area contributed by atoms with Crippen LogP contribution in [0.3, 0.4) is 0 Å². The molecule has 1 unspecified atom stereocenters. The SMILES string of the molecule is O=C(O)[C@H]1O[C@@H](O[C@H]2[C@@H](O)[C@@H](CO)O[C@@H](O[C@H]3[C@@H](O)[C@@H](CO)OC(O)[C@@H]3O)[C@@H]2O)[C@H](O)[C@@H](O)[C@@H]1O. The summed E-state index contributed by atoms with van der Waals surface area (Å²) in [5.41, 5.74) is 0. The van der Waals surface area contributed by atoms with Crippen LogP contribution in [0.2, 0.25) is 0 Å². The average molecular weight is 518 g/mol. The molecular weight excluding hydrogens is 488 g/mol. The Balaban J connectivity index is 1.80. The highest BCUT2D eigenvalue weighted by atomic mass is 16.7. The Bertz CT molecular complexity index is 711. The Morgan fingerprint density at radius 2 is 1.09 bits per heavy atom. The van der Waals surface area contributed by atoms with E-state index in [1.54, 1.807) is 0 Å². The summed E-state index contributed by atoms with van der Waals surface area (Å²) in [6, 6.07) is 0. The topological polar surface area (TPSA) is 286 Å². The molecular formula is C18H30O17. The number of carboxylic acid groups (broad SMARTS) is 1. The van der Waals surface area contributed by atoms with Crippen LogP contribution in [0.1, 0.15) is 0 Å². The van der Waals surface area contributed by atoms with E-state index >= 15 is 0 Å². The quantitative estimate of drug-likeness (QED) is 0.149. The summed E-state index contributed by atoms with van der Waals surface area (Å²) in [7, 11) is 0. The lowest BCUT2D eigenvalue weighted by molar-refractivity contribution is -0.377. The number of aliphatic hydroxyl groups excluding tert-OH is 10. The van der Waals surface area contributed by atoms with Gasteiger partial charge in [-0.05, 0) is 0 Å². The van der Waals surface area contributed by atoms with Gasteiger partial charge in [0.1, 0.15) is 67.1 Å². The molecule has 3 aliphatic rings. The van der Waals surface area contributed by atoms with Crippen molar-refractivity contribution in [3.63, 3.8) is 0 Å². The molecule has 17 nitrogen and oxygen atoms in total. The Hall–Kier alpha value is -1.13. The number of carboxylic acids is 1. The Morgan fingerprint density at radius 3 is 1.60 bits per heavy atom. The molecule has 0 aromatic carbocycles. The zero-order valence-corrected chi connectivity index (χ0v) is 17.9. The molecule has 0 amide bonds. The minimum atomic E-state index is -2.05. The van der Waals surface area contributed by atoms with Gasteiger partial charge in [-0.15, -0.1) is 0 Å². The van der Waals surface area contributed by atoms with Gasteiger partial charge >= 0.3 is 5.97 Å². The van der Waals surface area contributed by atoms with E-state index in [2.05, 4.69) is 0 Å². The maximum absolute atomic E-state index is 11.3. The van der Waals surface area contributed by atoms with Crippen molar-refractivity contribution >= 4 is 5.97 Å². The maximum atomic E-state index is 11.3. The lowest BCUT2D eigenvalue weighted by Crippen LogP contribution is -2.67. The standard InChI is InChI=1S/C18H30O17/c19-1-3-5(21)12(10(26)16(30)31-3)33-18-11(27)13(6(22)4(2-20)32-18)34-17-9(25)7(23)8(24)14(35-17)15(28)29/h3-14,16-27,30H,1-2H2,(H,28,29)/t3-,4-,5+,6+,7+,8+,9-,10-,11-,12+,13+,14+,16?,17-,18+/m1/s1. The highest BCUT2D eigenvalue weighted by molar-refractivity contribution is 5.73. The van der Waals surface area contributed by atoms with Crippen molar-refractivity contribution in [2.75, 3.05) is 13.2 Å². The second-order valence-corrected chi connectivity index (χ2v) is 8.37. The van der Waals surface area contributed by atoms with Crippen LogP contribution in [-0.2, 0) is 28.5 Å². The number of aliphatic carboxylic acids is 1. The van der Waals surface area contributed by atoms with Gasteiger partial charge in [0.25, 0.3) is 0 Å². The maximum Gasteiger partial charge on any atom is 0.335 e. The van der Waals surface area contributed by atoms with Crippen LogP contribution in [0.25, 0.3) is 0 Å². The van der Waals surface area contributed by atoms with Gasteiger partial charge < -0.3 is 79.9 Å². The first kappa shape index (κ1) is 28.4. The van der Waals surface area contributed by atoms with E-state index in [9.17, 15) is 55.9 Å². The Kier molecular flexibility index (Phi) is 9.35. The fourth-order valence-corrected chi connectivity index (χ4v) is 4.03. The number of hydrogen-bond donors (Lipinski definition) is 11. The van der Waals surface area contributed by atoms with Crippen molar-refractivity contribution in [3.8, 4) is 0 Å². The monoisotopic (exact) mass is 518 g/mol. The van der Waals surface area contributed by atoms with Crippen LogP contribution < -0.4 is 0 Å². The van der Waals surface area contributed by atoms with Crippen LogP contribution in [0, 0.1) is 0 Å². The fraction of sp³-hybridized carbons (Fsp3) is 0.944. The van der Waals surface area contributed by atoms with Gasteiger partial charge in [0.15, 0.2) is 25.0 Å². The van der Waals surface area contributed by atoms with Crippen LogP contribution in [0.5, 0.6) is 0 Å². The van der Waals surface area contributed by atoms with E-state index in [0.717, 1.165) is 0 Å². The van der Waals surface area contributed by atoms with Crippen LogP contribution in [0.4, 0.5) is 0 Å². The third kappa shape index (κ3) is 5.59. The molecule has 0 radical (unpaired) electrons. The normalized spacial score (nSPS) is 51.2. The van der Waals surface area contributed by atoms with Crippen molar-refractivity contribution in [2.45, 2.75) is 92.1 Å². The molecule has 0 bridgehead atoms. The van der Waals surface area contributed by atoms with Crippen LogP contribution in [-0.4, -0.2) is 167 Å². The largest absolute Gasteiger partial charge is 0.479 e. The van der Waals surface area contributed by atoms with E-state index in [4.69, 9.17) is 28.8 Å². The fourth-order valence-electron chi connectivity index (χ4n) is 4.03. The Labute approximate surface area is 196 Å². The summed E-state index contributed by atoms with van der Waals surface area (Å²) in [5.74, 6) is -1.71. The summed E-state index contributed by atoms with van der Waals surface area (Å²) in [5, 5.41) is 109. The van der Waals surface area contributed by atoms with Gasteiger partial charge in [0, 0.05) is 0 Å². The van der Waals surface area contributed by atoms with Crippen LogP contribution in [0.15, 0.2) is 0 Å². The molecule has 11 N–H and O–H groups in total. The summed E-state index contributed by atoms with van der Waals surface area (Å²) in [4.78, 5) is 11.3. The first-order valence-corrected chi connectivity index (χ1v) is 10.6. The summed E-state index contributed by atoms with van der Waals surface area (Å²) < 4.78 is 25.8. The molecule has 3 rings (SSSR count). The number of hydrogen-bond acceptors (Lipinski definition) is 16. The Morgan fingerprint density at radius 1 is 0.600 bits per heavy atom. The van der Waals surface area contributed by atoms with Gasteiger partial charge in [0.05, 0.1) is 13.2 Å². The lowest BCUT2D eigenvalue weighted by atomic mass is 9.96. The third-order valence-electron chi connectivity index (χ3n) is 6.06. The lowest BCUT2D eigenvalue weighted by Gasteiger charge is -2.47. The van der Waals surface area contributed by atoms with Crippen molar-refractivity contribution in [1.29, 1.82) is 0 Å². The zero-order valence-electron chi connectivity index (χ0n) is 17.9. The van der Waals surface area contributed by atoms with E-state index in [-0.39, 0.29) is 0 Å². The summed E-state index contributed by atoms with van der Waals surface area (Å²) in [6.07, 6.45) is -27.9. The van der Waals surface area contributed by atoms with E-state index in [1.807, 2.05) is 0 Å². The molecule has 35 heavy (non-hydrogen) atoms. The minimum absolute atomic E-state index is 0.779. The molecule has 17 heteroatoms. The number of rotatable bonds is 7. The molecule has 0 aliphatic carbocycles. The molecule has 3 heterocycles. The van der Waals surface area contributed by atoms with Gasteiger partial charge in [0.2, 0.25) is 0 Å². The first-order valence-electron chi connectivity index (χ1n) is 10.6. The summed E-state index contributed by atoms with van der Waals surface area (Å²) in [6.45, 7) is -1.65. The zero-order chi connectivity index (χ0) is 26.2. The highest BCUT2D eigenvalue weighted by Crippen LogP contribution is 2.32. The molecule has 204 valence electrons. The van der Waals surface area contributed by atoms with Gasteiger partial charge in [-0.25, -0.2) is 4.79 Å². The predicted molar refractivity (Wildman–Crippen MR) is 102 cm³/mol. The molecule has 0 saturated carbocycles. The number of aliphatic hydroxyl groups is 10. The number of ether oxygens (including phenoxy) is 5. The second kappa shape index (κ2) is 11.5. The van der Waals surface area contributed by atoms with Gasteiger partial charge in [-0.1, -0.05) is 0 Å². The molecule has 0 aromatic heterocycles. The second-order valence-electron chi connectivity index (χ2n) is 8.37. The smallest absolute Gasteiger partial charge is 0.335 e. The average Bonchev–Trinajstić information content (AvgIpc) is 2.82. The van der Waals surface area contributed by atoms with Gasteiger partial charge in [-0.2, -0.15) is 0 Å². The summed E-state index contributed by atoms with van der Waals surface area (Å²) >= 11 is 0. The van der Waals surface area contributed by atoms with E-state index in [0.29, 0.717) is 0 Å². The van der Waals surface area contributed by atoms with E-state index in [1.165, 1.54) is 0 Å². The minimum Gasteiger partial charge on any atom is -0.479 e. The predicted octanol–water partition coefficient (Wildman–Crippen LogP) is -7.48. The highest BCUT2D eigenvalue weighted by Gasteiger charge is 2.54. The number of carbonyl (C=O) groups is 1. The van der Waals surface area contributed by atoms with Gasteiger partial charge in [-0.3, -0.25) is 0 Å². The molecule has 3 saturated heterocycles. The molecule has 0 aromatic rings. The molecule has 3 aliphatic heterocycles. The molecule has 3 fully saturated rings. The third-order valence-corrected chi connectivity index (χ3v) is 6.06. The molecule has 0 spiro atoms. The van der Waals surface area contributed by atoms with Crippen LogP contribution >= 0.6 is 0 Å². The van der Waals surface area contributed by atoms with Crippen molar-refractivity contribution in [2.24, 2.45) is 0 Å². The van der Waals surface area contributed by atoms with Crippen molar-refractivity contribution in [1.82, 2.24) is 0 Å².